The average molecular weight is 709 g/mol. The molecule has 49 heavy (non-hydrogen) atoms. The van der Waals surface area contributed by atoms with Crippen molar-refractivity contribution in [1.82, 2.24) is 24.8 Å². The van der Waals surface area contributed by atoms with Gasteiger partial charge in [-0.05, 0) is 43.5 Å². The lowest BCUT2D eigenvalue weighted by Gasteiger charge is -2.33. The summed E-state index contributed by atoms with van der Waals surface area (Å²) in [6.45, 7) is 3.37. The highest BCUT2D eigenvalue weighted by Gasteiger charge is 2.50. The number of nitriles is 1. The van der Waals surface area contributed by atoms with Crippen LogP contribution in [0.4, 0.5) is 23.8 Å². The average Bonchev–Trinajstić information content (AvgIpc) is 3.64. The second-order valence-corrected chi connectivity index (χ2v) is 13.4. The number of fused-ring (bicyclic) bond motifs is 5. The molecule has 0 radical (unpaired) electrons. The van der Waals surface area contributed by atoms with Crippen LogP contribution in [-0.2, 0) is 17.1 Å². The normalized spacial score (nSPS) is 19.1. The molecule has 3 unspecified atom stereocenters. The van der Waals surface area contributed by atoms with Crippen LogP contribution < -0.4 is 4.90 Å². The number of nitrogens with one attached hydrogen (secondary N) is 1. The van der Waals surface area contributed by atoms with E-state index < -0.39 is 23.9 Å². The Morgan fingerprint density at radius 3 is 2.71 bits per heavy atom. The number of benzene rings is 2. The number of ether oxygens (including phenoxy) is 1. The molecule has 2 fully saturated rings. The first-order chi connectivity index (χ1) is 23.4. The summed E-state index contributed by atoms with van der Waals surface area (Å²) in [7, 11) is 1.32. The number of alkyl halides is 2. The standard InChI is InChI=1S/C35H30Cl2F3N7O2/c1-17-22-12-25(33-19-10-20(47(33)34(48)49-3)15-46(14-19)27-13-26(35(2,39)40)42-16-43-27)45-31(22)23-11-18(6-5-9-41)28(30(38)32(23)44-17)21-7-4-8-24(36)29(21)37/h4,7-8,11-13,16,19-20,33,45H,5-6,10,14-15H2,1-3H3. The van der Waals surface area contributed by atoms with Crippen molar-refractivity contribution in [1.29, 1.82) is 5.26 Å². The van der Waals surface area contributed by atoms with Crippen molar-refractivity contribution in [3.8, 4) is 17.2 Å². The van der Waals surface area contributed by atoms with Crippen LogP contribution in [0.3, 0.4) is 0 Å². The maximum Gasteiger partial charge on any atom is 0.410 e. The van der Waals surface area contributed by atoms with E-state index in [9.17, 15) is 18.8 Å². The summed E-state index contributed by atoms with van der Waals surface area (Å²) in [5, 5.41) is 11.1. The Hall–Kier alpha value is -4.60. The third-order valence-corrected chi connectivity index (χ3v) is 10.4. The van der Waals surface area contributed by atoms with Crippen LogP contribution in [0.2, 0.25) is 10.0 Å². The van der Waals surface area contributed by atoms with Gasteiger partial charge in [0.2, 0.25) is 0 Å². The number of rotatable bonds is 6. The highest BCUT2D eigenvalue weighted by atomic mass is 35.5. The van der Waals surface area contributed by atoms with E-state index in [1.165, 1.54) is 13.2 Å². The molecule has 7 rings (SSSR count). The molecule has 9 nitrogen and oxygen atoms in total. The van der Waals surface area contributed by atoms with Gasteiger partial charge in [-0.3, -0.25) is 4.90 Å². The molecule has 2 aliphatic rings. The van der Waals surface area contributed by atoms with Gasteiger partial charge in [0.1, 0.15) is 23.4 Å². The van der Waals surface area contributed by atoms with Crippen molar-refractivity contribution in [3.63, 3.8) is 0 Å². The quantitative estimate of drug-likeness (QED) is 0.188. The lowest BCUT2D eigenvalue weighted by atomic mass is 9.93. The third-order valence-electron chi connectivity index (χ3n) is 9.56. The molecule has 0 saturated carbocycles. The highest BCUT2D eigenvalue weighted by Crippen LogP contribution is 2.47. The van der Waals surface area contributed by atoms with Crippen LogP contribution in [0.25, 0.3) is 32.9 Å². The smallest absolute Gasteiger partial charge is 0.410 e. The fraction of sp³-hybridized carbons (Fsp3) is 0.343. The van der Waals surface area contributed by atoms with E-state index in [2.05, 4.69) is 21.0 Å². The Bertz CT molecular complexity index is 2180. The zero-order valence-electron chi connectivity index (χ0n) is 26.7. The summed E-state index contributed by atoms with van der Waals surface area (Å²) in [6, 6.07) is 11.4. The summed E-state index contributed by atoms with van der Waals surface area (Å²) in [5.74, 6) is -3.49. The number of carbonyl (C=O) groups excluding carboxylic acids is 1. The zero-order chi connectivity index (χ0) is 34.8. The molecule has 2 saturated heterocycles. The number of aromatic nitrogens is 4. The van der Waals surface area contributed by atoms with Gasteiger partial charge in [0.15, 0.2) is 5.82 Å². The number of likely N-dealkylation sites (tertiary alicyclic amines) is 1. The molecule has 14 heteroatoms. The molecule has 5 heterocycles. The van der Waals surface area contributed by atoms with Gasteiger partial charge in [-0.25, -0.2) is 24.1 Å². The number of aromatic amines is 1. The fourth-order valence-electron chi connectivity index (χ4n) is 7.44. The molecule has 1 N–H and O–H groups in total. The van der Waals surface area contributed by atoms with Crippen molar-refractivity contribution >= 4 is 56.9 Å². The predicted molar refractivity (Wildman–Crippen MR) is 180 cm³/mol. The van der Waals surface area contributed by atoms with Crippen molar-refractivity contribution in [2.45, 2.75) is 51.1 Å². The van der Waals surface area contributed by atoms with E-state index in [0.29, 0.717) is 58.7 Å². The number of hydrogen-bond donors (Lipinski definition) is 1. The van der Waals surface area contributed by atoms with Gasteiger partial charge in [-0.1, -0.05) is 35.3 Å². The molecule has 2 aliphatic heterocycles. The van der Waals surface area contributed by atoms with Gasteiger partial charge in [-0.2, -0.15) is 14.0 Å². The van der Waals surface area contributed by atoms with Gasteiger partial charge >= 0.3 is 6.09 Å². The summed E-state index contributed by atoms with van der Waals surface area (Å²) < 4.78 is 50.2. The van der Waals surface area contributed by atoms with Crippen molar-refractivity contribution in [3.05, 3.63) is 81.2 Å². The van der Waals surface area contributed by atoms with E-state index in [-0.39, 0.29) is 51.6 Å². The van der Waals surface area contributed by atoms with Crippen molar-refractivity contribution in [2.24, 2.45) is 5.92 Å². The Balaban J connectivity index is 1.36. The number of methoxy groups -OCH3 is 1. The minimum atomic E-state index is -3.14. The van der Waals surface area contributed by atoms with Gasteiger partial charge in [0.25, 0.3) is 5.92 Å². The number of halogens is 5. The van der Waals surface area contributed by atoms with Crippen LogP contribution in [0.1, 0.15) is 48.5 Å². The third kappa shape index (κ3) is 5.59. The molecule has 3 aromatic heterocycles. The van der Waals surface area contributed by atoms with E-state index in [4.69, 9.17) is 32.9 Å². The number of carbonyl (C=O) groups is 1. The van der Waals surface area contributed by atoms with Crippen LogP contribution in [0, 0.1) is 30.0 Å². The van der Waals surface area contributed by atoms with E-state index in [1.807, 2.05) is 17.0 Å². The van der Waals surface area contributed by atoms with Gasteiger partial charge < -0.3 is 14.6 Å². The number of hydrogen-bond acceptors (Lipinski definition) is 7. The van der Waals surface area contributed by atoms with Gasteiger partial charge in [0.05, 0.1) is 40.8 Å². The number of amides is 1. The number of nitrogens with zero attached hydrogens (tertiary/aromatic N) is 6. The van der Waals surface area contributed by atoms with Crippen LogP contribution in [-0.4, -0.2) is 57.2 Å². The lowest BCUT2D eigenvalue weighted by molar-refractivity contribution is 0.0126. The molecule has 252 valence electrons. The zero-order valence-corrected chi connectivity index (χ0v) is 28.2. The topological polar surface area (TPSA) is 111 Å². The molecular formula is C35H30Cl2F3N7O2. The first-order valence-electron chi connectivity index (χ1n) is 15.7. The number of H-pyrrole nitrogens is 1. The fourth-order valence-corrected chi connectivity index (χ4v) is 7.84. The van der Waals surface area contributed by atoms with E-state index in [1.54, 1.807) is 30.0 Å². The number of piperidine rings is 1. The minimum absolute atomic E-state index is 0.120. The molecule has 1 amide bonds. The SMILES string of the molecule is COC(=O)N1C2CC(CN(c3cc(C(C)(F)F)ncn3)C2)C1c1cc2c(C)nc3c(F)c(-c4cccc(Cl)c4Cl)c(CCC#N)cc3c2[nH]1. The molecule has 0 spiro atoms. The number of pyridine rings is 1. The number of anilines is 1. The van der Waals surface area contributed by atoms with E-state index in [0.717, 1.165) is 18.6 Å². The predicted octanol–water partition coefficient (Wildman–Crippen LogP) is 8.51. The maximum absolute atomic E-state index is 16.7. The summed E-state index contributed by atoms with van der Waals surface area (Å²) >= 11 is 12.9. The Morgan fingerprint density at radius 2 is 1.98 bits per heavy atom. The second-order valence-electron chi connectivity index (χ2n) is 12.6. The first-order valence-corrected chi connectivity index (χ1v) is 16.4. The Kier molecular flexibility index (Phi) is 8.32. The molecule has 0 aliphatic carbocycles. The molecule has 2 bridgehead atoms. The second kappa shape index (κ2) is 12.4. The van der Waals surface area contributed by atoms with Crippen LogP contribution >= 0.6 is 23.2 Å². The van der Waals surface area contributed by atoms with E-state index >= 15 is 4.39 Å². The van der Waals surface area contributed by atoms with Crippen LogP contribution in [0.15, 0.2) is 42.7 Å². The highest BCUT2D eigenvalue weighted by molar-refractivity contribution is 6.43. The largest absolute Gasteiger partial charge is 0.453 e. The van der Waals surface area contributed by atoms with Gasteiger partial charge in [0, 0.05) is 71.7 Å². The number of aryl methyl sites for hydroxylation is 2. The Labute approximate surface area is 289 Å². The molecule has 3 atom stereocenters. The maximum atomic E-state index is 16.7. The van der Waals surface area contributed by atoms with Crippen LogP contribution in [0.5, 0.6) is 0 Å². The summed E-state index contributed by atoms with van der Waals surface area (Å²) in [5.41, 5.74) is 2.86. The van der Waals surface area contributed by atoms with Gasteiger partial charge in [-0.15, -0.1) is 0 Å². The lowest BCUT2D eigenvalue weighted by Crippen LogP contribution is -2.44. The summed E-state index contributed by atoms with van der Waals surface area (Å²) in [4.78, 5) is 33.1. The van der Waals surface area contributed by atoms with Crippen molar-refractivity contribution in [2.75, 3.05) is 25.1 Å². The Morgan fingerprint density at radius 1 is 1.18 bits per heavy atom. The minimum Gasteiger partial charge on any atom is -0.453 e. The van der Waals surface area contributed by atoms with Crippen molar-refractivity contribution < 1.29 is 22.7 Å². The molecule has 5 aromatic rings. The first kappa shape index (κ1) is 32.9. The molecule has 2 aromatic carbocycles. The monoisotopic (exact) mass is 707 g/mol. The molecular weight excluding hydrogens is 678 g/mol. The summed E-state index contributed by atoms with van der Waals surface area (Å²) in [6.07, 6.45) is 1.67.